The molecule has 120 valence electrons. The minimum atomic E-state index is 0.0808. The number of aryl methyl sites for hydroxylation is 1. The molecule has 1 N–H and O–H groups in total. The number of aromatic nitrogens is 2. The van der Waals surface area contributed by atoms with Crippen molar-refractivity contribution in [1.82, 2.24) is 20.0 Å². The van der Waals surface area contributed by atoms with E-state index in [0.29, 0.717) is 19.0 Å². The summed E-state index contributed by atoms with van der Waals surface area (Å²) in [6.07, 6.45) is 4.43. The second kappa shape index (κ2) is 6.10. The van der Waals surface area contributed by atoms with Gasteiger partial charge in [-0.05, 0) is 31.7 Å². The minimum Gasteiger partial charge on any atom is -0.343 e. The highest BCUT2D eigenvalue weighted by molar-refractivity contribution is 5.80. The van der Waals surface area contributed by atoms with Crippen LogP contribution in [0.2, 0.25) is 0 Å². The summed E-state index contributed by atoms with van der Waals surface area (Å²) in [7, 11) is 0. The summed E-state index contributed by atoms with van der Waals surface area (Å²) in [5, 5.41) is 7.16. The van der Waals surface area contributed by atoms with Crippen LogP contribution in [0.4, 0.5) is 0 Å². The lowest BCUT2D eigenvalue weighted by Gasteiger charge is -2.32. The highest BCUT2D eigenvalue weighted by Crippen LogP contribution is 2.30. The van der Waals surface area contributed by atoms with Crippen molar-refractivity contribution < 1.29 is 9.59 Å². The van der Waals surface area contributed by atoms with E-state index in [9.17, 15) is 9.59 Å². The van der Waals surface area contributed by atoms with Gasteiger partial charge < -0.3 is 9.80 Å². The van der Waals surface area contributed by atoms with Crippen LogP contribution in [0.1, 0.15) is 43.4 Å². The third kappa shape index (κ3) is 2.87. The van der Waals surface area contributed by atoms with Crippen molar-refractivity contribution in [3.05, 3.63) is 17.5 Å². The highest BCUT2D eigenvalue weighted by Gasteiger charge is 2.34. The first-order valence-electron chi connectivity index (χ1n) is 8.10. The first kappa shape index (κ1) is 15.1. The molecule has 0 unspecified atom stereocenters. The third-order valence-corrected chi connectivity index (χ3v) is 5.07. The summed E-state index contributed by atoms with van der Waals surface area (Å²) >= 11 is 0. The van der Waals surface area contributed by atoms with Gasteiger partial charge in [0.05, 0.1) is 6.20 Å². The Kier molecular flexibility index (Phi) is 4.18. The van der Waals surface area contributed by atoms with Gasteiger partial charge in [0.2, 0.25) is 11.8 Å². The molecule has 2 aliphatic rings. The van der Waals surface area contributed by atoms with Gasteiger partial charge in [0, 0.05) is 50.6 Å². The number of nitrogens with zero attached hydrogens (tertiary/aromatic N) is 3. The highest BCUT2D eigenvalue weighted by atomic mass is 16.2. The summed E-state index contributed by atoms with van der Waals surface area (Å²) in [5.41, 5.74) is 2.34. The molecule has 2 aliphatic heterocycles. The zero-order valence-corrected chi connectivity index (χ0v) is 13.3. The minimum absolute atomic E-state index is 0.0808. The molecule has 1 aromatic heterocycles. The van der Waals surface area contributed by atoms with Crippen LogP contribution < -0.4 is 0 Å². The number of hydrogen-bond donors (Lipinski definition) is 1. The first-order valence-corrected chi connectivity index (χ1v) is 8.10. The second-order valence-electron chi connectivity index (χ2n) is 6.52. The van der Waals surface area contributed by atoms with E-state index in [1.807, 2.05) is 16.0 Å². The lowest BCUT2D eigenvalue weighted by Crippen LogP contribution is -2.43. The van der Waals surface area contributed by atoms with E-state index in [1.165, 1.54) is 11.3 Å². The van der Waals surface area contributed by atoms with Gasteiger partial charge >= 0.3 is 0 Å². The molecule has 3 heterocycles. The molecule has 22 heavy (non-hydrogen) atoms. The van der Waals surface area contributed by atoms with Crippen LogP contribution >= 0.6 is 0 Å². The number of likely N-dealkylation sites (tertiary alicyclic amines) is 2. The molecule has 6 heteroatoms. The van der Waals surface area contributed by atoms with Crippen molar-refractivity contribution in [3.8, 4) is 0 Å². The fourth-order valence-corrected chi connectivity index (χ4v) is 3.67. The Hall–Kier alpha value is -1.85. The predicted octanol–water partition coefficient (Wildman–Crippen LogP) is 1.29. The van der Waals surface area contributed by atoms with Gasteiger partial charge in [-0.3, -0.25) is 14.7 Å². The molecule has 0 spiro atoms. The number of H-pyrrole nitrogens is 1. The topological polar surface area (TPSA) is 69.3 Å². The molecule has 0 aliphatic carbocycles. The van der Waals surface area contributed by atoms with Crippen molar-refractivity contribution >= 4 is 11.8 Å². The van der Waals surface area contributed by atoms with Crippen LogP contribution in [0.25, 0.3) is 0 Å². The van der Waals surface area contributed by atoms with Crippen LogP contribution in [-0.4, -0.2) is 58.0 Å². The molecule has 0 saturated carbocycles. The maximum absolute atomic E-state index is 12.7. The molecule has 0 aromatic carbocycles. The first-order chi connectivity index (χ1) is 10.6. The molecule has 3 rings (SSSR count). The summed E-state index contributed by atoms with van der Waals surface area (Å²) in [6, 6.07) is 0. The van der Waals surface area contributed by atoms with E-state index < -0.39 is 0 Å². The number of carbonyl (C=O) groups excluding carboxylic acids is 2. The van der Waals surface area contributed by atoms with Gasteiger partial charge in [-0.15, -0.1) is 0 Å². The van der Waals surface area contributed by atoms with Crippen LogP contribution in [-0.2, 0) is 9.59 Å². The molecular weight excluding hydrogens is 280 g/mol. The van der Waals surface area contributed by atoms with Crippen molar-refractivity contribution in [2.45, 2.75) is 39.0 Å². The number of rotatable bonds is 2. The van der Waals surface area contributed by atoms with Gasteiger partial charge in [0.25, 0.3) is 0 Å². The van der Waals surface area contributed by atoms with Gasteiger partial charge in [-0.2, -0.15) is 5.10 Å². The van der Waals surface area contributed by atoms with E-state index in [0.717, 1.165) is 32.4 Å². The Balaban J connectivity index is 1.56. The number of hydrogen-bond acceptors (Lipinski definition) is 3. The normalized spacial score (nSPS) is 23.1. The summed E-state index contributed by atoms with van der Waals surface area (Å²) in [4.78, 5) is 27.9. The maximum Gasteiger partial charge on any atom is 0.225 e. The number of piperidine rings is 1. The van der Waals surface area contributed by atoms with E-state index >= 15 is 0 Å². The summed E-state index contributed by atoms with van der Waals surface area (Å²) in [6.45, 7) is 6.69. The summed E-state index contributed by atoms with van der Waals surface area (Å²) in [5.74, 6) is 0.839. The van der Waals surface area contributed by atoms with E-state index in [1.54, 1.807) is 6.92 Å². The molecule has 6 nitrogen and oxygen atoms in total. The molecule has 1 atom stereocenters. The standard InChI is InChI=1S/C16H24N4O2/c1-11-9-17-18-15(11)14-5-8-20(10-14)16(22)13-3-6-19(7-4-13)12(2)21/h9,13-14H,3-8,10H2,1-2H3,(H,17,18)/t14-/m0/s1. The lowest BCUT2D eigenvalue weighted by atomic mass is 9.95. The Morgan fingerprint density at radius 1 is 1.18 bits per heavy atom. The molecule has 1 aromatic rings. The Morgan fingerprint density at radius 2 is 1.86 bits per heavy atom. The molecule has 0 radical (unpaired) electrons. The quantitative estimate of drug-likeness (QED) is 0.895. The van der Waals surface area contributed by atoms with Crippen molar-refractivity contribution in [2.75, 3.05) is 26.2 Å². The smallest absolute Gasteiger partial charge is 0.225 e. The van der Waals surface area contributed by atoms with E-state index in [4.69, 9.17) is 0 Å². The Labute approximate surface area is 130 Å². The molecule has 2 saturated heterocycles. The SMILES string of the molecule is CC(=O)N1CCC(C(=O)N2CC[C@H](c3[nH]ncc3C)C2)CC1. The van der Waals surface area contributed by atoms with Gasteiger partial charge in [-0.25, -0.2) is 0 Å². The van der Waals surface area contributed by atoms with Crippen LogP contribution in [0.3, 0.4) is 0 Å². The average Bonchev–Trinajstić information content (AvgIpc) is 3.15. The maximum atomic E-state index is 12.7. The number of amides is 2. The average molecular weight is 304 g/mol. The van der Waals surface area contributed by atoms with Gasteiger partial charge in [0.15, 0.2) is 0 Å². The van der Waals surface area contributed by atoms with Crippen molar-refractivity contribution in [3.63, 3.8) is 0 Å². The largest absolute Gasteiger partial charge is 0.343 e. The zero-order chi connectivity index (χ0) is 15.7. The zero-order valence-electron chi connectivity index (χ0n) is 13.3. The third-order valence-electron chi connectivity index (χ3n) is 5.07. The van der Waals surface area contributed by atoms with E-state index in [2.05, 4.69) is 17.1 Å². The molecule has 2 amide bonds. The monoisotopic (exact) mass is 304 g/mol. The van der Waals surface area contributed by atoms with Crippen LogP contribution in [0.15, 0.2) is 6.20 Å². The van der Waals surface area contributed by atoms with Crippen LogP contribution in [0.5, 0.6) is 0 Å². The number of carbonyl (C=O) groups is 2. The van der Waals surface area contributed by atoms with Crippen molar-refractivity contribution in [1.29, 1.82) is 0 Å². The lowest BCUT2D eigenvalue weighted by molar-refractivity contribution is -0.139. The second-order valence-corrected chi connectivity index (χ2v) is 6.52. The Morgan fingerprint density at radius 3 is 2.45 bits per heavy atom. The van der Waals surface area contributed by atoms with Crippen LogP contribution in [0, 0.1) is 12.8 Å². The van der Waals surface area contributed by atoms with Crippen molar-refractivity contribution in [2.24, 2.45) is 5.92 Å². The van der Waals surface area contributed by atoms with Gasteiger partial charge in [0.1, 0.15) is 0 Å². The fourth-order valence-electron chi connectivity index (χ4n) is 3.67. The number of aromatic amines is 1. The van der Waals surface area contributed by atoms with E-state index in [-0.39, 0.29) is 17.7 Å². The Bertz CT molecular complexity index is 560. The fraction of sp³-hybridized carbons (Fsp3) is 0.688. The van der Waals surface area contributed by atoms with Gasteiger partial charge in [-0.1, -0.05) is 0 Å². The summed E-state index contributed by atoms with van der Waals surface area (Å²) < 4.78 is 0. The molecular formula is C16H24N4O2. The molecule has 0 bridgehead atoms. The predicted molar refractivity (Wildman–Crippen MR) is 82.2 cm³/mol. The number of nitrogens with one attached hydrogen (secondary N) is 1. The molecule has 2 fully saturated rings.